The lowest BCUT2D eigenvalue weighted by Gasteiger charge is -2.13. The number of phenols is 1. The number of hydrogen-bond donors (Lipinski definition) is 2. The summed E-state index contributed by atoms with van der Waals surface area (Å²) in [5, 5.41) is 12.3. The summed E-state index contributed by atoms with van der Waals surface area (Å²) in [5.41, 5.74) is -0.318. The van der Waals surface area contributed by atoms with Crippen LogP contribution in [0.5, 0.6) is 5.75 Å². The third kappa shape index (κ3) is 3.95. The van der Waals surface area contributed by atoms with Crippen LogP contribution in [-0.4, -0.2) is 5.11 Å². The molecule has 0 saturated carbocycles. The van der Waals surface area contributed by atoms with Crippen molar-refractivity contribution in [3.8, 4) is 5.75 Å². The van der Waals surface area contributed by atoms with Gasteiger partial charge in [-0.15, -0.1) is 0 Å². The predicted octanol–water partition coefficient (Wildman–Crippen LogP) is 3.84. The molecule has 0 aliphatic heterocycles. The van der Waals surface area contributed by atoms with Gasteiger partial charge in [-0.2, -0.15) is 13.2 Å². The van der Waals surface area contributed by atoms with Crippen molar-refractivity contribution in [2.45, 2.75) is 19.3 Å². The first-order valence-electron chi connectivity index (χ1n) is 6.21. The van der Waals surface area contributed by atoms with Crippen molar-refractivity contribution in [1.29, 1.82) is 0 Å². The van der Waals surface area contributed by atoms with Gasteiger partial charge in [-0.05, 0) is 29.8 Å². The molecular weight excluding hydrogens is 286 g/mol. The summed E-state index contributed by atoms with van der Waals surface area (Å²) in [5.74, 6) is -0.617. The monoisotopic (exact) mass is 299 g/mol. The predicted molar refractivity (Wildman–Crippen MR) is 70.1 cm³/mol. The molecule has 0 saturated heterocycles. The zero-order valence-electron chi connectivity index (χ0n) is 10.9. The van der Waals surface area contributed by atoms with Crippen molar-refractivity contribution in [2.75, 3.05) is 0 Å². The van der Waals surface area contributed by atoms with Crippen LogP contribution in [0, 0.1) is 5.82 Å². The van der Waals surface area contributed by atoms with E-state index >= 15 is 0 Å². The highest BCUT2D eigenvalue weighted by atomic mass is 19.4. The fraction of sp³-hybridized carbons (Fsp3) is 0.200. The van der Waals surface area contributed by atoms with Gasteiger partial charge in [0, 0.05) is 18.7 Å². The van der Waals surface area contributed by atoms with Gasteiger partial charge in [-0.25, -0.2) is 4.39 Å². The second-order valence-electron chi connectivity index (χ2n) is 4.53. The van der Waals surface area contributed by atoms with Crippen molar-refractivity contribution >= 4 is 0 Å². The molecule has 0 aliphatic carbocycles. The molecule has 0 aromatic heterocycles. The highest BCUT2D eigenvalue weighted by Crippen LogP contribution is 2.31. The highest BCUT2D eigenvalue weighted by molar-refractivity contribution is 5.33. The summed E-state index contributed by atoms with van der Waals surface area (Å²) < 4.78 is 51.4. The van der Waals surface area contributed by atoms with Crippen LogP contribution in [0.1, 0.15) is 16.7 Å². The molecule has 0 atom stereocenters. The molecule has 21 heavy (non-hydrogen) atoms. The maximum Gasteiger partial charge on any atom is 0.416 e. The maximum atomic E-state index is 13.0. The molecule has 0 aliphatic rings. The third-order valence-electron chi connectivity index (χ3n) is 3.00. The zero-order valence-corrected chi connectivity index (χ0v) is 10.9. The number of alkyl halides is 3. The molecule has 2 nitrogen and oxygen atoms in total. The molecule has 0 spiro atoms. The molecule has 0 fully saturated rings. The number of aromatic hydroxyl groups is 1. The average Bonchev–Trinajstić information content (AvgIpc) is 2.42. The molecule has 0 bridgehead atoms. The van der Waals surface area contributed by atoms with E-state index in [0.717, 1.165) is 18.2 Å². The molecular formula is C15H13F4NO. The molecule has 2 aromatic carbocycles. The van der Waals surface area contributed by atoms with E-state index in [1.807, 2.05) is 0 Å². The van der Waals surface area contributed by atoms with E-state index in [2.05, 4.69) is 5.32 Å². The molecule has 2 aromatic rings. The van der Waals surface area contributed by atoms with Crippen LogP contribution in [0.4, 0.5) is 17.6 Å². The molecule has 0 amide bonds. The SMILES string of the molecule is Oc1ccc(F)cc1CNCc1ccccc1C(F)(F)F. The van der Waals surface area contributed by atoms with Crippen molar-refractivity contribution in [2.24, 2.45) is 0 Å². The van der Waals surface area contributed by atoms with Gasteiger partial charge in [0.2, 0.25) is 0 Å². The fourth-order valence-electron chi connectivity index (χ4n) is 1.98. The van der Waals surface area contributed by atoms with Crippen molar-refractivity contribution in [3.05, 3.63) is 65.0 Å². The van der Waals surface area contributed by atoms with Gasteiger partial charge < -0.3 is 10.4 Å². The quantitative estimate of drug-likeness (QED) is 0.841. The Morgan fingerprint density at radius 1 is 0.952 bits per heavy atom. The number of halogens is 4. The van der Waals surface area contributed by atoms with Crippen LogP contribution in [0.2, 0.25) is 0 Å². The van der Waals surface area contributed by atoms with Gasteiger partial charge in [0.05, 0.1) is 5.56 Å². The Kier molecular flexibility index (Phi) is 4.47. The van der Waals surface area contributed by atoms with Gasteiger partial charge in [0.25, 0.3) is 0 Å². The molecule has 0 radical (unpaired) electrons. The first-order valence-corrected chi connectivity index (χ1v) is 6.21. The zero-order chi connectivity index (χ0) is 15.5. The standard InChI is InChI=1S/C15H13F4NO/c16-12-5-6-14(21)11(7-12)9-20-8-10-3-1-2-4-13(10)15(17,18)19/h1-7,20-21H,8-9H2. The molecule has 6 heteroatoms. The summed E-state index contributed by atoms with van der Waals surface area (Å²) in [6.45, 7) is 0.0292. The first-order chi connectivity index (χ1) is 9.88. The van der Waals surface area contributed by atoms with Crippen LogP contribution >= 0.6 is 0 Å². The lowest BCUT2D eigenvalue weighted by molar-refractivity contribution is -0.138. The van der Waals surface area contributed by atoms with E-state index in [0.29, 0.717) is 5.56 Å². The van der Waals surface area contributed by atoms with Crippen molar-refractivity contribution < 1.29 is 22.7 Å². The summed E-state index contributed by atoms with van der Waals surface area (Å²) in [6, 6.07) is 8.68. The van der Waals surface area contributed by atoms with E-state index in [-0.39, 0.29) is 24.4 Å². The Labute approximate surface area is 119 Å². The Balaban J connectivity index is 2.06. The Hall–Kier alpha value is -2.08. The largest absolute Gasteiger partial charge is 0.508 e. The highest BCUT2D eigenvalue weighted by Gasteiger charge is 2.32. The summed E-state index contributed by atoms with van der Waals surface area (Å²) >= 11 is 0. The van der Waals surface area contributed by atoms with Crippen LogP contribution in [0.15, 0.2) is 42.5 Å². The van der Waals surface area contributed by atoms with Gasteiger partial charge in [0.1, 0.15) is 11.6 Å². The minimum Gasteiger partial charge on any atom is -0.508 e. The topological polar surface area (TPSA) is 32.3 Å². The number of rotatable bonds is 4. The van der Waals surface area contributed by atoms with Crippen LogP contribution in [0.3, 0.4) is 0 Å². The number of nitrogens with one attached hydrogen (secondary N) is 1. The molecule has 2 rings (SSSR count). The summed E-state index contributed by atoms with van der Waals surface area (Å²) in [7, 11) is 0. The lowest BCUT2D eigenvalue weighted by Crippen LogP contribution is -2.17. The minimum atomic E-state index is -4.42. The molecule has 0 unspecified atom stereocenters. The first kappa shape index (κ1) is 15.3. The van der Waals surface area contributed by atoms with Crippen LogP contribution in [-0.2, 0) is 19.3 Å². The van der Waals surface area contributed by atoms with Gasteiger partial charge in [-0.3, -0.25) is 0 Å². The normalized spacial score (nSPS) is 11.6. The minimum absolute atomic E-state index is 0.0361. The summed E-state index contributed by atoms with van der Waals surface area (Å²) in [6.07, 6.45) is -4.42. The number of benzene rings is 2. The van der Waals surface area contributed by atoms with Gasteiger partial charge >= 0.3 is 6.18 Å². The van der Waals surface area contributed by atoms with Gasteiger partial charge in [0.15, 0.2) is 0 Å². The van der Waals surface area contributed by atoms with Crippen LogP contribution < -0.4 is 5.32 Å². The third-order valence-corrected chi connectivity index (χ3v) is 3.00. The lowest BCUT2D eigenvalue weighted by atomic mass is 10.1. The second-order valence-corrected chi connectivity index (χ2v) is 4.53. The Morgan fingerprint density at radius 2 is 1.62 bits per heavy atom. The van der Waals surface area contributed by atoms with E-state index in [9.17, 15) is 22.7 Å². The van der Waals surface area contributed by atoms with E-state index in [4.69, 9.17) is 0 Å². The Morgan fingerprint density at radius 3 is 2.33 bits per heavy atom. The van der Waals surface area contributed by atoms with E-state index in [1.165, 1.54) is 24.3 Å². The van der Waals surface area contributed by atoms with Crippen LogP contribution in [0.25, 0.3) is 0 Å². The summed E-state index contributed by atoms with van der Waals surface area (Å²) in [4.78, 5) is 0. The molecule has 0 heterocycles. The molecule has 2 N–H and O–H groups in total. The number of phenolic OH excluding ortho intramolecular Hbond substituents is 1. The smallest absolute Gasteiger partial charge is 0.416 e. The fourth-order valence-corrected chi connectivity index (χ4v) is 1.98. The second kappa shape index (κ2) is 6.13. The van der Waals surface area contributed by atoms with E-state index in [1.54, 1.807) is 0 Å². The number of hydrogen-bond acceptors (Lipinski definition) is 2. The molecule has 112 valence electrons. The average molecular weight is 299 g/mol. The van der Waals surface area contributed by atoms with Crippen molar-refractivity contribution in [3.63, 3.8) is 0 Å². The van der Waals surface area contributed by atoms with Gasteiger partial charge in [-0.1, -0.05) is 18.2 Å². The van der Waals surface area contributed by atoms with Crippen molar-refractivity contribution in [1.82, 2.24) is 5.32 Å². The Bertz CT molecular complexity index is 625. The maximum absolute atomic E-state index is 13.0. The van der Waals surface area contributed by atoms with E-state index < -0.39 is 17.6 Å².